The maximum Gasteiger partial charge on any atom is 0.309 e. The number of hydrogen-bond donors (Lipinski definition) is 0. The molecule has 0 aromatic carbocycles. The van der Waals surface area contributed by atoms with Crippen LogP contribution in [0.4, 0.5) is 0 Å². The number of rotatable bonds is 3. The maximum atomic E-state index is 12.5. The Morgan fingerprint density at radius 2 is 2.14 bits per heavy atom. The second kappa shape index (κ2) is 5.47. The predicted molar refractivity (Wildman–Crippen MR) is 77.2 cm³/mol. The predicted octanol–water partition coefficient (Wildman–Crippen LogP) is 2.58. The van der Waals surface area contributed by atoms with Crippen molar-refractivity contribution in [3.63, 3.8) is 0 Å². The minimum atomic E-state index is -0.184. The highest BCUT2D eigenvalue weighted by molar-refractivity contribution is 5.77. The number of carbonyl (C=O) groups excluding carboxylic acids is 2. The molecular weight excluding hydrogens is 268 g/mol. The Bertz CT molecular complexity index is 467. The van der Waals surface area contributed by atoms with Gasteiger partial charge in [-0.05, 0) is 37.5 Å². The van der Waals surface area contributed by atoms with E-state index in [4.69, 9.17) is 9.47 Å². The van der Waals surface area contributed by atoms with E-state index in [-0.39, 0.29) is 47.6 Å². The van der Waals surface area contributed by atoms with Gasteiger partial charge in [0.2, 0.25) is 0 Å². The van der Waals surface area contributed by atoms with Crippen LogP contribution >= 0.6 is 0 Å². The van der Waals surface area contributed by atoms with E-state index in [1.165, 1.54) is 0 Å². The van der Waals surface area contributed by atoms with E-state index in [2.05, 4.69) is 26.0 Å². The van der Waals surface area contributed by atoms with Gasteiger partial charge in [-0.1, -0.05) is 26.0 Å². The van der Waals surface area contributed by atoms with Crippen molar-refractivity contribution in [2.45, 2.75) is 39.7 Å². The van der Waals surface area contributed by atoms with Gasteiger partial charge < -0.3 is 9.47 Å². The molecule has 4 nitrogen and oxygen atoms in total. The van der Waals surface area contributed by atoms with Crippen LogP contribution in [-0.2, 0) is 19.1 Å². The van der Waals surface area contributed by atoms with Gasteiger partial charge in [0, 0.05) is 5.92 Å². The average Bonchev–Trinajstić information content (AvgIpc) is 2.73. The molecule has 0 amide bonds. The second-order valence-corrected chi connectivity index (χ2v) is 6.87. The fraction of sp³-hybridized carbons (Fsp3) is 0.765. The van der Waals surface area contributed by atoms with E-state index in [9.17, 15) is 9.59 Å². The number of ether oxygens (including phenoxy) is 2. The van der Waals surface area contributed by atoms with Crippen molar-refractivity contribution in [2.24, 2.45) is 35.5 Å². The van der Waals surface area contributed by atoms with Crippen LogP contribution < -0.4 is 0 Å². The first-order valence-electron chi connectivity index (χ1n) is 8.08. The first-order chi connectivity index (χ1) is 10.0. The summed E-state index contributed by atoms with van der Waals surface area (Å²) < 4.78 is 10.9. The van der Waals surface area contributed by atoms with Gasteiger partial charge in [0.25, 0.3) is 0 Å². The summed E-state index contributed by atoms with van der Waals surface area (Å²) >= 11 is 0. The molecule has 0 aromatic heterocycles. The lowest BCUT2D eigenvalue weighted by Gasteiger charge is -2.43. The van der Waals surface area contributed by atoms with Crippen molar-refractivity contribution < 1.29 is 19.1 Å². The molecule has 116 valence electrons. The summed E-state index contributed by atoms with van der Waals surface area (Å²) in [6.45, 7) is 6.50. The Morgan fingerprint density at radius 1 is 1.38 bits per heavy atom. The minimum absolute atomic E-state index is 0.0272. The first-order valence-corrected chi connectivity index (χ1v) is 8.08. The zero-order valence-corrected chi connectivity index (χ0v) is 13.0. The molecule has 3 aliphatic rings. The topological polar surface area (TPSA) is 52.6 Å². The molecule has 2 aliphatic carbocycles. The Labute approximate surface area is 125 Å². The lowest BCUT2D eigenvalue weighted by atomic mass is 9.60. The van der Waals surface area contributed by atoms with E-state index in [1.807, 2.05) is 6.92 Å². The quantitative estimate of drug-likeness (QED) is 0.592. The molecule has 3 rings (SSSR count). The fourth-order valence-corrected chi connectivity index (χ4v) is 4.40. The van der Waals surface area contributed by atoms with Crippen molar-refractivity contribution >= 4 is 11.9 Å². The van der Waals surface area contributed by atoms with Crippen LogP contribution in [0.15, 0.2) is 12.2 Å². The van der Waals surface area contributed by atoms with Gasteiger partial charge in [-0.25, -0.2) is 0 Å². The third-order valence-electron chi connectivity index (χ3n) is 5.34. The maximum absolute atomic E-state index is 12.5. The summed E-state index contributed by atoms with van der Waals surface area (Å²) in [7, 11) is 0. The summed E-state index contributed by atoms with van der Waals surface area (Å²) in [4.78, 5) is 24.4. The highest BCUT2D eigenvalue weighted by Gasteiger charge is 2.55. The van der Waals surface area contributed by atoms with Crippen LogP contribution in [0.3, 0.4) is 0 Å². The van der Waals surface area contributed by atoms with E-state index >= 15 is 0 Å². The number of carbonyl (C=O) groups is 2. The molecule has 2 fully saturated rings. The summed E-state index contributed by atoms with van der Waals surface area (Å²) in [5.41, 5.74) is 0. The summed E-state index contributed by atoms with van der Waals surface area (Å²) in [6.07, 6.45) is 5.86. The molecule has 1 saturated carbocycles. The molecular formula is C17H24O4. The Kier molecular flexibility index (Phi) is 3.80. The molecule has 4 heteroatoms. The second-order valence-electron chi connectivity index (χ2n) is 6.87. The lowest BCUT2D eigenvalue weighted by molar-refractivity contribution is -0.159. The van der Waals surface area contributed by atoms with Gasteiger partial charge in [-0.2, -0.15) is 0 Å². The summed E-state index contributed by atoms with van der Waals surface area (Å²) in [5.74, 6) is 0.529. The molecule has 1 aliphatic heterocycles. The van der Waals surface area contributed by atoms with Crippen molar-refractivity contribution in [1.82, 2.24) is 0 Å². The molecule has 6 atom stereocenters. The van der Waals surface area contributed by atoms with E-state index in [1.54, 1.807) is 0 Å². The van der Waals surface area contributed by atoms with Crippen LogP contribution in [0.1, 0.15) is 33.6 Å². The van der Waals surface area contributed by atoms with Crippen molar-refractivity contribution in [1.29, 1.82) is 0 Å². The summed E-state index contributed by atoms with van der Waals surface area (Å²) in [5, 5.41) is 0. The number of esters is 2. The standard InChI is InChI=1S/C17H24O4/c1-4-20-17(19)15-12(9(2)3)6-5-10-7-11-8-13(14(10)15)21-16(11)18/h5-6,9-15H,4,7-8H2,1-3H3/t10-,11-,12+,13-,14+,15-/m0/s1. The van der Waals surface area contributed by atoms with E-state index in [0.717, 1.165) is 12.8 Å². The third kappa shape index (κ3) is 2.39. The van der Waals surface area contributed by atoms with Crippen LogP contribution in [0.2, 0.25) is 0 Å². The van der Waals surface area contributed by atoms with Gasteiger partial charge in [0.1, 0.15) is 6.10 Å². The van der Waals surface area contributed by atoms with Crippen molar-refractivity contribution in [3.8, 4) is 0 Å². The molecule has 1 saturated heterocycles. The zero-order chi connectivity index (χ0) is 15.1. The van der Waals surface area contributed by atoms with Crippen LogP contribution in [-0.4, -0.2) is 24.6 Å². The molecule has 1 heterocycles. The van der Waals surface area contributed by atoms with Gasteiger partial charge in [-0.15, -0.1) is 0 Å². The molecule has 0 spiro atoms. The normalized spacial score (nSPS) is 40.9. The number of hydrogen-bond acceptors (Lipinski definition) is 4. The molecule has 0 aromatic rings. The molecule has 0 radical (unpaired) electrons. The first kappa shape index (κ1) is 14.6. The Morgan fingerprint density at radius 3 is 2.81 bits per heavy atom. The molecule has 0 unspecified atom stereocenters. The smallest absolute Gasteiger partial charge is 0.309 e. The lowest BCUT2D eigenvalue weighted by Crippen LogP contribution is -2.46. The van der Waals surface area contributed by atoms with Crippen LogP contribution in [0.5, 0.6) is 0 Å². The van der Waals surface area contributed by atoms with Crippen LogP contribution in [0.25, 0.3) is 0 Å². The summed E-state index contributed by atoms with van der Waals surface area (Å²) in [6, 6.07) is 0. The van der Waals surface area contributed by atoms with Gasteiger partial charge >= 0.3 is 11.9 Å². The average molecular weight is 292 g/mol. The highest BCUT2D eigenvalue weighted by Crippen LogP contribution is 2.51. The SMILES string of the molecule is CCOC(=O)[C@@H]1[C@H]2[C@@H]3C[C@H](C[C@@H]2C=C[C@@H]1C(C)C)C(=O)O3. The van der Waals surface area contributed by atoms with E-state index in [0.29, 0.717) is 12.5 Å². The Hall–Kier alpha value is -1.32. The fourth-order valence-electron chi connectivity index (χ4n) is 4.40. The highest BCUT2D eigenvalue weighted by atomic mass is 16.6. The van der Waals surface area contributed by atoms with Gasteiger partial charge in [-0.3, -0.25) is 9.59 Å². The molecule has 0 N–H and O–H groups in total. The van der Waals surface area contributed by atoms with E-state index < -0.39 is 0 Å². The zero-order valence-electron chi connectivity index (χ0n) is 13.0. The molecule has 21 heavy (non-hydrogen) atoms. The van der Waals surface area contributed by atoms with Crippen molar-refractivity contribution in [2.75, 3.05) is 6.61 Å². The van der Waals surface area contributed by atoms with Crippen molar-refractivity contribution in [3.05, 3.63) is 12.2 Å². The monoisotopic (exact) mass is 292 g/mol. The number of allylic oxidation sites excluding steroid dienone is 2. The minimum Gasteiger partial charge on any atom is -0.466 e. The number of fused-ring (bicyclic) bond motifs is 4. The van der Waals surface area contributed by atoms with Gasteiger partial charge in [0.15, 0.2) is 0 Å². The van der Waals surface area contributed by atoms with Gasteiger partial charge in [0.05, 0.1) is 18.4 Å². The molecule has 2 bridgehead atoms. The largest absolute Gasteiger partial charge is 0.466 e. The Balaban J connectivity index is 1.93. The third-order valence-corrected chi connectivity index (χ3v) is 5.34. The van der Waals surface area contributed by atoms with Crippen LogP contribution in [0, 0.1) is 35.5 Å².